The van der Waals surface area contributed by atoms with Crippen molar-refractivity contribution in [3.63, 3.8) is 0 Å². The fourth-order valence-corrected chi connectivity index (χ4v) is 3.89. The van der Waals surface area contributed by atoms with Crippen LogP contribution in [0.1, 0.15) is 22.0 Å². The van der Waals surface area contributed by atoms with Crippen molar-refractivity contribution in [3.05, 3.63) is 44.9 Å². The van der Waals surface area contributed by atoms with E-state index in [0.29, 0.717) is 0 Å². The summed E-state index contributed by atoms with van der Waals surface area (Å²) >= 11 is 3.54. The van der Waals surface area contributed by atoms with Crippen LogP contribution in [0.15, 0.2) is 22.9 Å². The lowest BCUT2D eigenvalue weighted by atomic mass is 10.3. The summed E-state index contributed by atoms with van der Waals surface area (Å²) in [5.41, 5.74) is 3.70. The zero-order valence-corrected chi connectivity index (χ0v) is 12.8. The molecule has 0 aliphatic rings. The van der Waals surface area contributed by atoms with E-state index in [1.54, 1.807) is 11.3 Å². The molecule has 3 aromatic heterocycles. The summed E-state index contributed by atoms with van der Waals surface area (Å²) in [7, 11) is 0. The fraction of sp³-hybridized carbons (Fsp3) is 0.357. The molecule has 3 rings (SSSR count). The molecule has 3 aromatic rings. The van der Waals surface area contributed by atoms with E-state index in [9.17, 15) is 0 Å². The maximum Gasteiger partial charge on any atom is 0.194 e. The maximum atomic E-state index is 4.61. The van der Waals surface area contributed by atoms with Crippen molar-refractivity contribution in [1.29, 1.82) is 0 Å². The summed E-state index contributed by atoms with van der Waals surface area (Å²) in [6.07, 6.45) is 1.10. The highest BCUT2D eigenvalue weighted by Crippen LogP contribution is 2.20. The van der Waals surface area contributed by atoms with Crippen LogP contribution in [-0.2, 0) is 13.0 Å². The van der Waals surface area contributed by atoms with E-state index in [0.717, 1.165) is 30.2 Å². The molecule has 0 atom stereocenters. The van der Waals surface area contributed by atoms with Gasteiger partial charge in [-0.1, -0.05) is 6.07 Å². The zero-order valence-electron chi connectivity index (χ0n) is 11.1. The van der Waals surface area contributed by atoms with Gasteiger partial charge in [-0.05, 0) is 31.7 Å². The number of nitrogens with zero attached hydrogens (tertiary/aromatic N) is 2. The summed E-state index contributed by atoms with van der Waals surface area (Å²) < 4.78 is 2.26. The van der Waals surface area contributed by atoms with Crippen molar-refractivity contribution in [2.24, 2.45) is 0 Å². The van der Waals surface area contributed by atoms with Gasteiger partial charge in [0, 0.05) is 29.0 Å². The molecule has 0 radical (unpaired) electrons. The highest BCUT2D eigenvalue weighted by molar-refractivity contribution is 7.15. The molecule has 0 amide bonds. The molecule has 100 valence electrons. The van der Waals surface area contributed by atoms with Gasteiger partial charge in [-0.3, -0.25) is 4.40 Å². The zero-order chi connectivity index (χ0) is 13.2. The van der Waals surface area contributed by atoms with Crippen molar-refractivity contribution in [2.75, 3.05) is 6.54 Å². The predicted molar refractivity (Wildman–Crippen MR) is 82.3 cm³/mol. The van der Waals surface area contributed by atoms with Gasteiger partial charge in [0.2, 0.25) is 0 Å². The molecule has 0 saturated heterocycles. The molecule has 0 spiro atoms. The van der Waals surface area contributed by atoms with Crippen molar-refractivity contribution in [2.45, 2.75) is 26.8 Å². The molecule has 5 heteroatoms. The van der Waals surface area contributed by atoms with Crippen molar-refractivity contribution < 1.29 is 0 Å². The molecule has 19 heavy (non-hydrogen) atoms. The van der Waals surface area contributed by atoms with Crippen LogP contribution in [-0.4, -0.2) is 15.9 Å². The number of aryl methyl sites for hydroxylation is 2. The van der Waals surface area contributed by atoms with E-state index in [1.807, 2.05) is 11.3 Å². The van der Waals surface area contributed by atoms with Gasteiger partial charge in [0.1, 0.15) is 0 Å². The monoisotopic (exact) mass is 291 g/mol. The Morgan fingerprint density at radius 1 is 1.32 bits per heavy atom. The topological polar surface area (TPSA) is 29.3 Å². The van der Waals surface area contributed by atoms with Crippen LogP contribution in [0, 0.1) is 13.8 Å². The van der Waals surface area contributed by atoms with Gasteiger partial charge in [0.25, 0.3) is 0 Å². The van der Waals surface area contributed by atoms with Gasteiger partial charge < -0.3 is 5.32 Å². The molecule has 3 heterocycles. The first-order valence-electron chi connectivity index (χ1n) is 6.41. The maximum absolute atomic E-state index is 4.61. The number of hydrogen-bond acceptors (Lipinski definition) is 4. The summed E-state index contributed by atoms with van der Waals surface area (Å²) in [5.74, 6) is 0. The second-order valence-corrected chi connectivity index (χ2v) is 6.51. The Labute approximate surface area is 120 Å². The molecule has 0 fully saturated rings. The SMILES string of the molecule is Cc1nc2scc(C)n2c1CNCCc1cccs1. The second kappa shape index (κ2) is 5.45. The highest BCUT2D eigenvalue weighted by atomic mass is 32.1. The molecule has 0 saturated carbocycles. The lowest BCUT2D eigenvalue weighted by Gasteiger charge is -2.05. The number of thiazole rings is 1. The third-order valence-corrected chi connectivity index (χ3v) is 5.13. The molecule has 0 aromatic carbocycles. The lowest BCUT2D eigenvalue weighted by molar-refractivity contribution is 0.670. The van der Waals surface area contributed by atoms with Gasteiger partial charge in [-0.15, -0.1) is 22.7 Å². The summed E-state index contributed by atoms with van der Waals surface area (Å²) in [4.78, 5) is 7.15. The Morgan fingerprint density at radius 2 is 2.21 bits per heavy atom. The Kier molecular flexibility index (Phi) is 3.68. The molecule has 0 bridgehead atoms. The quantitative estimate of drug-likeness (QED) is 0.730. The average molecular weight is 291 g/mol. The Balaban J connectivity index is 1.65. The van der Waals surface area contributed by atoms with E-state index >= 15 is 0 Å². The van der Waals surface area contributed by atoms with E-state index in [2.05, 4.69) is 51.4 Å². The minimum absolute atomic E-state index is 0.885. The first-order valence-corrected chi connectivity index (χ1v) is 8.17. The third kappa shape index (κ3) is 2.59. The lowest BCUT2D eigenvalue weighted by Crippen LogP contribution is -2.18. The smallest absolute Gasteiger partial charge is 0.194 e. The highest BCUT2D eigenvalue weighted by Gasteiger charge is 2.11. The standard InChI is InChI=1S/C14H17N3S2/c1-10-9-19-14-16-11(2)13(17(10)14)8-15-6-5-12-4-3-7-18-12/h3-4,7,9,15H,5-6,8H2,1-2H3. The minimum Gasteiger partial charge on any atom is -0.311 e. The van der Waals surface area contributed by atoms with Gasteiger partial charge in [-0.25, -0.2) is 4.98 Å². The van der Waals surface area contributed by atoms with Crippen molar-refractivity contribution in [1.82, 2.24) is 14.7 Å². The number of hydrogen-bond donors (Lipinski definition) is 1. The van der Waals surface area contributed by atoms with Crippen LogP contribution in [0.2, 0.25) is 0 Å². The molecule has 3 nitrogen and oxygen atoms in total. The van der Waals surface area contributed by atoms with Crippen LogP contribution in [0.5, 0.6) is 0 Å². The molecular formula is C14H17N3S2. The van der Waals surface area contributed by atoms with Crippen LogP contribution in [0.4, 0.5) is 0 Å². The van der Waals surface area contributed by atoms with E-state index in [4.69, 9.17) is 0 Å². The van der Waals surface area contributed by atoms with Crippen LogP contribution in [0.25, 0.3) is 4.96 Å². The van der Waals surface area contributed by atoms with Crippen molar-refractivity contribution >= 4 is 27.6 Å². The van der Waals surface area contributed by atoms with Crippen LogP contribution >= 0.6 is 22.7 Å². The predicted octanol–water partition coefficient (Wildman–Crippen LogP) is 3.41. The number of aromatic nitrogens is 2. The number of rotatable bonds is 5. The summed E-state index contributed by atoms with van der Waals surface area (Å²) in [6.45, 7) is 6.13. The Morgan fingerprint density at radius 3 is 3.00 bits per heavy atom. The van der Waals surface area contributed by atoms with E-state index in [1.165, 1.54) is 16.3 Å². The van der Waals surface area contributed by atoms with Gasteiger partial charge in [0.05, 0.1) is 11.4 Å². The molecule has 1 N–H and O–H groups in total. The van der Waals surface area contributed by atoms with E-state index < -0.39 is 0 Å². The van der Waals surface area contributed by atoms with Gasteiger partial charge in [0.15, 0.2) is 4.96 Å². The number of imidazole rings is 1. The second-order valence-electron chi connectivity index (χ2n) is 4.65. The van der Waals surface area contributed by atoms with Gasteiger partial charge >= 0.3 is 0 Å². The number of nitrogens with one attached hydrogen (secondary N) is 1. The van der Waals surface area contributed by atoms with Crippen molar-refractivity contribution in [3.8, 4) is 0 Å². The average Bonchev–Trinajstić information content (AvgIpc) is 3.07. The molecule has 0 aliphatic heterocycles. The molecule has 0 aliphatic carbocycles. The fourth-order valence-electron chi connectivity index (χ4n) is 2.25. The third-order valence-electron chi connectivity index (χ3n) is 3.25. The summed E-state index contributed by atoms with van der Waals surface area (Å²) in [5, 5.41) is 7.82. The molecular weight excluding hydrogens is 274 g/mol. The normalized spacial score (nSPS) is 11.5. The van der Waals surface area contributed by atoms with Gasteiger partial charge in [-0.2, -0.15) is 0 Å². The number of fused-ring (bicyclic) bond motifs is 1. The van der Waals surface area contributed by atoms with Crippen LogP contribution < -0.4 is 5.32 Å². The first-order chi connectivity index (χ1) is 9.25. The van der Waals surface area contributed by atoms with E-state index in [-0.39, 0.29) is 0 Å². The molecule has 0 unspecified atom stereocenters. The summed E-state index contributed by atoms with van der Waals surface area (Å²) in [6, 6.07) is 4.30. The Hall–Kier alpha value is -1.17. The first kappa shape index (κ1) is 12.8. The Bertz CT molecular complexity index is 664. The van der Waals surface area contributed by atoms with Crippen LogP contribution in [0.3, 0.4) is 0 Å². The minimum atomic E-state index is 0.885. The number of thiophene rings is 1. The largest absolute Gasteiger partial charge is 0.311 e.